The van der Waals surface area contributed by atoms with Gasteiger partial charge in [0.05, 0.1) is 6.10 Å². The standard InChI is InChI=1S/C15H14Br2O/c1-10(11-5-3-2-4-6-11)15(18)13-9-12(16)7-8-14(13)17/h2-10,15,18H,1H3. The lowest BCUT2D eigenvalue weighted by Gasteiger charge is -2.21. The Labute approximate surface area is 124 Å². The molecular weight excluding hydrogens is 356 g/mol. The molecule has 0 bridgehead atoms. The molecular formula is C15H14Br2O. The summed E-state index contributed by atoms with van der Waals surface area (Å²) in [6.45, 7) is 2.04. The summed E-state index contributed by atoms with van der Waals surface area (Å²) in [4.78, 5) is 0. The van der Waals surface area contributed by atoms with E-state index in [4.69, 9.17) is 0 Å². The zero-order valence-electron chi connectivity index (χ0n) is 9.98. The fourth-order valence-corrected chi connectivity index (χ4v) is 2.81. The van der Waals surface area contributed by atoms with Crippen molar-refractivity contribution in [2.24, 2.45) is 0 Å². The molecule has 2 aromatic rings. The second kappa shape index (κ2) is 6.00. The van der Waals surface area contributed by atoms with Gasteiger partial charge in [-0.2, -0.15) is 0 Å². The minimum absolute atomic E-state index is 0.0526. The molecule has 0 amide bonds. The molecule has 0 aliphatic rings. The van der Waals surface area contributed by atoms with E-state index in [0.29, 0.717) is 0 Å². The molecule has 18 heavy (non-hydrogen) atoms. The Morgan fingerprint density at radius 2 is 1.67 bits per heavy atom. The number of benzene rings is 2. The third kappa shape index (κ3) is 3.02. The van der Waals surface area contributed by atoms with Gasteiger partial charge in [0.25, 0.3) is 0 Å². The minimum Gasteiger partial charge on any atom is -0.388 e. The molecule has 94 valence electrons. The largest absolute Gasteiger partial charge is 0.388 e. The van der Waals surface area contributed by atoms with E-state index in [-0.39, 0.29) is 5.92 Å². The SMILES string of the molecule is CC(c1ccccc1)C(O)c1cc(Br)ccc1Br. The van der Waals surface area contributed by atoms with Gasteiger partial charge in [0.15, 0.2) is 0 Å². The zero-order valence-corrected chi connectivity index (χ0v) is 13.1. The highest BCUT2D eigenvalue weighted by molar-refractivity contribution is 9.11. The molecule has 2 atom stereocenters. The third-order valence-electron chi connectivity index (χ3n) is 3.08. The molecule has 0 aliphatic carbocycles. The van der Waals surface area contributed by atoms with Crippen LogP contribution in [0.3, 0.4) is 0 Å². The predicted octanol–water partition coefficient (Wildman–Crippen LogP) is 5.05. The Hall–Kier alpha value is -0.640. The molecule has 1 N–H and O–H groups in total. The van der Waals surface area contributed by atoms with Crippen LogP contribution in [0.5, 0.6) is 0 Å². The third-order valence-corrected chi connectivity index (χ3v) is 4.29. The Bertz CT molecular complexity index is 525. The summed E-state index contributed by atoms with van der Waals surface area (Å²) in [7, 11) is 0. The van der Waals surface area contributed by atoms with Crippen molar-refractivity contribution in [3.63, 3.8) is 0 Å². The molecule has 0 aliphatic heterocycles. The number of aliphatic hydroxyl groups is 1. The molecule has 0 fully saturated rings. The molecule has 2 unspecified atom stereocenters. The van der Waals surface area contributed by atoms with Gasteiger partial charge in [-0.3, -0.25) is 0 Å². The Morgan fingerprint density at radius 1 is 1.00 bits per heavy atom. The second-order valence-electron chi connectivity index (χ2n) is 4.31. The first-order valence-corrected chi connectivity index (χ1v) is 7.36. The van der Waals surface area contributed by atoms with E-state index in [0.717, 1.165) is 20.1 Å². The first kappa shape index (κ1) is 13.8. The molecule has 1 nitrogen and oxygen atoms in total. The molecule has 0 heterocycles. The van der Waals surface area contributed by atoms with Gasteiger partial charge < -0.3 is 5.11 Å². The van der Waals surface area contributed by atoms with Crippen molar-refractivity contribution in [2.75, 3.05) is 0 Å². The quantitative estimate of drug-likeness (QED) is 0.802. The van der Waals surface area contributed by atoms with Crippen molar-refractivity contribution < 1.29 is 5.11 Å². The monoisotopic (exact) mass is 368 g/mol. The van der Waals surface area contributed by atoms with Crippen LogP contribution in [0.15, 0.2) is 57.5 Å². The molecule has 0 saturated carbocycles. The maximum Gasteiger partial charge on any atom is 0.0867 e. The van der Waals surface area contributed by atoms with E-state index in [1.165, 1.54) is 0 Å². The van der Waals surface area contributed by atoms with Crippen LogP contribution >= 0.6 is 31.9 Å². The number of rotatable bonds is 3. The molecule has 0 radical (unpaired) electrons. The average Bonchev–Trinajstić information content (AvgIpc) is 2.41. The highest BCUT2D eigenvalue weighted by atomic mass is 79.9. The number of hydrogen-bond donors (Lipinski definition) is 1. The molecule has 2 aromatic carbocycles. The van der Waals surface area contributed by atoms with Crippen LogP contribution < -0.4 is 0 Å². The lowest BCUT2D eigenvalue weighted by Crippen LogP contribution is -2.08. The number of aliphatic hydroxyl groups excluding tert-OH is 1. The predicted molar refractivity (Wildman–Crippen MR) is 81.7 cm³/mol. The maximum absolute atomic E-state index is 10.5. The fourth-order valence-electron chi connectivity index (χ4n) is 1.95. The van der Waals surface area contributed by atoms with E-state index < -0.39 is 6.10 Å². The summed E-state index contributed by atoms with van der Waals surface area (Å²) in [6.07, 6.45) is -0.528. The van der Waals surface area contributed by atoms with Crippen molar-refractivity contribution >= 4 is 31.9 Å². The topological polar surface area (TPSA) is 20.2 Å². The van der Waals surface area contributed by atoms with Crippen LogP contribution in [0.2, 0.25) is 0 Å². The fraction of sp³-hybridized carbons (Fsp3) is 0.200. The van der Waals surface area contributed by atoms with Crippen molar-refractivity contribution in [1.29, 1.82) is 0 Å². The van der Waals surface area contributed by atoms with Gasteiger partial charge in [-0.15, -0.1) is 0 Å². The lowest BCUT2D eigenvalue weighted by atomic mass is 9.91. The van der Waals surface area contributed by atoms with Crippen LogP contribution in [0, 0.1) is 0 Å². The van der Waals surface area contributed by atoms with Crippen LogP contribution in [-0.4, -0.2) is 5.11 Å². The minimum atomic E-state index is -0.528. The van der Waals surface area contributed by atoms with Crippen LogP contribution in [0.25, 0.3) is 0 Å². The highest BCUT2D eigenvalue weighted by Gasteiger charge is 2.20. The van der Waals surface area contributed by atoms with Crippen molar-refractivity contribution in [2.45, 2.75) is 18.9 Å². The number of halogens is 2. The number of hydrogen-bond acceptors (Lipinski definition) is 1. The van der Waals surface area contributed by atoms with Gasteiger partial charge in [-0.05, 0) is 29.3 Å². The Morgan fingerprint density at radius 3 is 2.33 bits per heavy atom. The van der Waals surface area contributed by atoms with Gasteiger partial charge in [0.1, 0.15) is 0 Å². The molecule has 2 rings (SSSR count). The van der Waals surface area contributed by atoms with E-state index in [1.54, 1.807) is 0 Å². The molecule has 0 aromatic heterocycles. The summed E-state index contributed by atoms with van der Waals surface area (Å²) < 4.78 is 1.90. The van der Waals surface area contributed by atoms with E-state index in [9.17, 15) is 5.11 Å². The summed E-state index contributed by atoms with van der Waals surface area (Å²) in [5.74, 6) is 0.0526. The molecule has 0 spiro atoms. The van der Waals surface area contributed by atoms with Crippen molar-refractivity contribution in [3.8, 4) is 0 Å². The van der Waals surface area contributed by atoms with Crippen molar-refractivity contribution in [3.05, 3.63) is 68.6 Å². The van der Waals surface area contributed by atoms with Crippen molar-refractivity contribution in [1.82, 2.24) is 0 Å². The van der Waals surface area contributed by atoms with Gasteiger partial charge in [-0.1, -0.05) is 69.1 Å². The van der Waals surface area contributed by atoms with Crippen LogP contribution in [0.1, 0.15) is 30.1 Å². The molecule has 0 saturated heterocycles. The van der Waals surface area contributed by atoms with Crippen LogP contribution in [-0.2, 0) is 0 Å². The zero-order chi connectivity index (χ0) is 13.1. The Kier molecular flexibility index (Phi) is 4.60. The Balaban J connectivity index is 2.31. The summed E-state index contributed by atoms with van der Waals surface area (Å²) >= 11 is 6.93. The van der Waals surface area contributed by atoms with Gasteiger partial charge in [0.2, 0.25) is 0 Å². The highest BCUT2D eigenvalue weighted by Crippen LogP contribution is 2.35. The second-order valence-corrected chi connectivity index (χ2v) is 6.08. The van der Waals surface area contributed by atoms with E-state index >= 15 is 0 Å². The summed E-state index contributed by atoms with van der Waals surface area (Å²) in [6, 6.07) is 15.9. The van der Waals surface area contributed by atoms with Crippen LogP contribution in [0.4, 0.5) is 0 Å². The average molecular weight is 370 g/mol. The normalized spacial score (nSPS) is 14.2. The first-order chi connectivity index (χ1) is 8.59. The van der Waals surface area contributed by atoms with Gasteiger partial charge in [0, 0.05) is 14.9 Å². The van der Waals surface area contributed by atoms with Gasteiger partial charge >= 0.3 is 0 Å². The molecule has 3 heteroatoms. The van der Waals surface area contributed by atoms with Gasteiger partial charge in [-0.25, -0.2) is 0 Å². The van der Waals surface area contributed by atoms with E-state index in [1.807, 2.05) is 55.5 Å². The van der Waals surface area contributed by atoms with E-state index in [2.05, 4.69) is 31.9 Å². The summed E-state index contributed by atoms with van der Waals surface area (Å²) in [5, 5.41) is 10.5. The smallest absolute Gasteiger partial charge is 0.0867 e. The maximum atomic E-state index is 10.5. The summed E-state index contributed by atoms with van der Waals surface area (Å²) in [5.41, 5.74) is 2.04. The lowest BCUT2D eigenvalue weighted by molar-refractivity contribution is 0.151. The first-order valence-electron chi connectivity index (χ1n) is 5.77.